The van der Waals surface area contributed by atoms with E-state index < -0.39 is 17.0 Å². The highest BCUT2D eigenvalue weighted by molar-refractivity contribution is 5.91. The van der Waals surface area contributed by atoms with Crippen molar-refractivity contribution in [3.05, 3.63) is 11.6 Å². The molecule has 2 N–H and O–H groups in total. The summed E-state index contributed by atoms with van der Waals surface area (Å²) in [4.78, 5) is 24.3. The van der Waals surface area contributed by atoms with Gasteiger partial charge in [-0.15, -0.1) is 0 Å². The zero-order chi connectivity index (χ0) is 21.2. The minimum absolute atomic E-state index is 0.134. The number of fused-ring (bicyclic) bond motifs is 5. The second-order valence-corrected chi connectivity index (χ2v) is 10.7. The smallest absolute Gasteiger partial charge is 0.303 e. The van der Waals surface area contributed by atoms with Gasteiger partial charge in [0, 0.05) is 12.3 Å². The molecule has 0 aromatic heterocycles. The molecule has 0 aromatic carbocycles. The van der Waals surface area contributed by atoms with Crippen molar-refractivity contribution < 1.29 is 24.5 Å². The van der Waals surface area contributed by atoms with Gasteiger partial charge in [-0.05, 0) is 74.0 Å². The maximum atomic E-state index is 13.1. The minimum atomic E-state index is -1.44. The van der Waals surface area contributed by atoms with E-state index in [1.165, 1.54) is 12.5 Å². The molecule has 0 aliphatic heterocycles. The monoisotopic (exact) mass is 404 g/mol. The van der Waals surface area contributed by atoms with Crippen LogP contribution in [0.3, 0.4) is 0 Å². The highest BCUT2D eigenvalue weighted by Crippen LogP contribution is 2.68. The number of ketones is 1. The maximum absolute atomic E-state index is 13.1. The summed E-state index contributed by atoms with van der Waals surface area (Å²) in [5.74, 6) is 0.301. The summed E-state index contributed by atoms with van der Waals surface area (Å²) < 4.78 is 4.98. The molecule has 0 spiro atoms. The van der Waals surface area contributed by atoms with E-state index in [0.29, 0.717) is 11.8 Å². The Hall–Kier alpha value is -1.20. The molecular formula is C24H36O5. The SMILES string of the molecule is CC(=O)OCC(=O)[C@]1(O)[C@@H](C)C[C@H]2[C@H]3CC=C4C[C@H](O)CC[C@@]4(C)[C@H]3CC[C@]21C. The Kier molecular flexibility index (Phi) is 5.02. The van der Waals surface area contributed by atoms with Crippen LogP contribution in [-0.4, -0.2) is 40.3 Å². The summed E-state index contributed by atoms with van der Waals surface area (Å²) in [6.07, 6.45) is 8.45. The number of ether oxygens (including phenoxy) is 1. The normalized spacial score (nSPS) is 48.8. The Morgan fingerprint density at radius 1 is 1.21 bits per heavy atom. The molecule has 0 bridgehead atoms. The fourth-order valence-electron chi connectivity index (χ4n) is 7.85. The summed E-state index contributed by atoms with van der Waals surface area (Å²) in [5.41, 5.74) is -0.366. The van der Waals surface area contributed by atoms with E-state index in [1.54, 1.807) is 0 Å². The first-order valence-electron chi connectivity index (χ1n) is 11.3. The van der Waals surface area contributed by atoms with E-state index in [-0.39, 0.29) is 35.7 Å². The number of rotatable bonds is 3. The summed E-state index contributed by atoms with van der Waals surface area (Å²) >= 11 is 0. The highest BCUT2D eigenvalue weighted by atomic mass is 16.5. The number of esters is 1. The first kappa shape index (κ1) is 21.0. The number of aliphatic hydroxyl groups is 2. The number of allylic oxidation sites excluding steroid dienone is 1. The Bertz CT molecular complexity index is 744. The highest BCUT2D eigenvalue weighted by Gasteiger charge is 2.68. The number of Topliss-reactive ketones (excluding diaryl/α,β-unsaturated/α-hetero) is 1. The molecule has 3 fully saturated rings. The van der Waals surface area contributed by atoms with Crippen LogP contribution in [0.1, 0.15) is 72.6 Å². The lowest BCUT2D eigenvalue weighted by atomic mass is 9.46. The quantitative estimate of drug-likeness (QED) is 0.556. The Balaban J connectivity index is 1.64. The standard InChI is InChI=1S/C24H36O5/c1-14-11-20-18-6-5-16-12-17(26)7-9-22(16,3)19(18)8-10-23(20,4)24(14,28)21(27)13-29-15(2)25/h5,14,17-20,26,28H,6-13H2,1-4H3/t14-,17+,18-,19-,20-,22+,23+,24+/m0/s1. The van der Waals surface area contributed by atoms with E-state index >= 15 is 0 Å². The summed E-state index contributed by atoms with van der Waals surface area (Å²) in [5, 5.41) is 21.9. The van der Waals surface area contributed by atoms with E-state index in [0.717, 1.165) is 44.9 Å². The van der Waals surface area contributed by atoms with E-state index in [2.05, 4.69) is 19.9 Å². The Morgan fingerprint density at radius 2 is 1.93 bits per heavy atom. The van der Waals surface area contributed by atoms with E-state index in [9.17, 15) is 19.8 Å². The number of aliphatic hydroxyl groups excluding tert-OH is 1. The van der Waals surface area contributed by atoms with Crippen LogP contribution >= 0.6 is 0 Å². The molecule has 0 saturated heterocycles. The molecule has 0 unspecified atom stereocenters. The fourth-order valence-corrected chi connectivity index (χ4v) is 7.85. The van der Waals surface area contributed by atoms with Gasteiger partial charge in [-0.3, -0.25) is 9.59 Å². The number of carbonyl (C=O) groups excluding carboxylic acids is 2. The molecule has 0 heterocycles. The van der Waals surface area contributed by atoms with Crippen LogP contribution in [0, 0.1) is 34.5 Å². The molecule has 29 heavy (non-hydrogen) atoms. The van der Waals surface area contributed by atoms with Gasteiger partial charge in [0.25, 0.3) is 0 Å². The Morgan fingerprint density at radius 3 is 2.62 bits per heavy atom. The van der Waals surface area contributed by atoms with Gasteiger partial charge in [-0.1, -0.05) is 32.4 Å². The molecule has 8 atom stereocenters. The molecule has 0 radical (unpaired) electrons. The molecule has 4 rings (SSSR count). The molecule has 4 aliphatic rings. The first-order valence-corrected chi connectivity index (χ1v) is 11.3. The Labute approximate surface area is 173 Å². The van der Waals surface area contributed by atoms with Crippen LogP contribution in [0.25, 0.3) is 0 Å². The van der Waals surface area contributed by atoms with Gasteiger partial charge < -0.3 is 14.9 Å². The van der Waals surface area contributed by atoms with Crippen molar-refractivity contribution in [2.75, 3.05) is 6.61 Å². The van der Waals surface area contributed by atoms with Crippen LogP contribution in [0.15, 0.2) is 11.6 Å². The van der Waals surface area contributed by atoms with Gasteiger partial charge in [0.15, 0.2) is 6.61 Å². The zero-order valence-corrected chi connectivity index (χ0v) is 18.2. The molecule has 3 saturated carbocycles. The lowest BCUT2D eigenvalue weighted by Gasteiger charge is -2.58. The van der Waals surface area contributed by atoms with Gasteiger partial charge in [0.2, 0.25) is 5.78 Å². The van der Waals surface area contributed by atoms with Crippen molar-refractivity contribution in [3.8, 4) is 0 Å². The fraction of sp³-hybridized carbons (Fsp3) is 0.833. The lowest BCUT2D eigenvalue weighted by molar-refractivity contribution is -0.173. The maximum Gasteiger partial charge on any atom is 0.303 e. The lowest BCUT2D eigenvalue weighted by Crippen LogP contribution is -2.59. The van der Waals surface area contributed by atoms with Gasteiger partial charge in [0.05, 0.1) is 6.10 Å². The summed E-state index contributed by atoms with van der Waals surface area (Å²) in [7, 11) is 0. The van der Waals surface area contributed by atoms with Crippen LogP contribution in [-0.2, 0) is 14.3 Å². The molecule has 0 amide bonds. The van der Waals surface area contributed by atoms with Crippen LogP contribution < -0.4 is 0 Å². The summed E-state index contributed by atoms with van der Waals surface area (Å²) in [6.45, 7) is 7.40. The third-order valence-corrected chi connectivity index (χ3v) is 9.49. The number of carbonyl (C=O) groups is 2. The molecule has 5 nitrogen and oxygen atoms in total. The average Bonchev–Trinajstić information content (AvgIpc) is 2.88. The molecule has 4 aliphatic carbocycles. The van der Waals surface area contributed by atoms with Crippen molar-refractivity contribution in [3.63, 3.8) is 0 Å². The van der Waals surface area contributed by atoms with Gasteiger partial charge in [0.1, 0.15) is 5.60 Å². The summed E-state index contributed by atoms with van der Waals surface area (Å²) in [6, 6.07) is 0. The molecule has 162 valence electrons. The number of hydrogen-bond acceptors (Lipinski definition) is 5. The van der Waals surface area contributed by atoms with E-state index in [4.69, 9.17) is 4.74 Å². The second kappa shape index (κ2) is 6.91. The van der Waals surface area contributed by atoms with Gasteiger partial charge in [-0.25, -0.2) is 0 Å². The van der Waals surface area contributed by atoms with Crippen LogP contribution in [0.5, 0.6) is 0 Å². The van der Waals surface area contributed by atoms with E-state index in [1.807, 2.05) is 6.92 Å². The number of hydrogen-bond donors (Lipinski definition) is 2. The van der Waals surface area contributed by atoms with Crippen molar-refractivity contribution in [1.29, 1.82) is 0 Å². The van der Waals surface area contributed by atoms with Crippen molar-refractivity contribution in [1.82, 2.24) is 0 Å². The molecular weight excluding hydrogens is 368 g/mol. The first-order chi connectivity index (χ1) is 13.5. The third-order valence-electron chi connectivity index (χ3n) is 9.49. The van der Waals surface area contributed by atoms with Crippen LogP contribution in [0.2, 0.25) is 0 Å². The van der Waals surface area contributed by atoms with Crippen molar-refractivity contribution in [2.45, 2.75) is 84.3 Å². The predicted molar refractivity (Wildman–Crippen MR) is 109 cm³/mol. The van der Waals surface area contributed by atoms with Gasteiger partial charge >= 0.3 is 5.97 Å². The van der Waals surface area contributed by atoms with Crippen molar-refractivity contribution >= 4 is 11.8 Å². The molecule has 0 aromatic rings. The van der Waals surface area contributed by atoms with Crippen molar-refractivity contribution in [2.24, 2.45) is 34.5 Å². The second-order valence-electron chi connectivity index (χ2n) is 10.7. The topological polar surface area (TPSA) is 83.8 Å². The molecule has 5 heteroatoms. The minimum Gasteiger partial charge on any atom is -0.458 e. The predicted octanol–water partition coefficient (Wildman–Crippen LogP) is 3.42. The average molecular weight is 405 g/mol. The third kappa shape index (κ3) is 2.87. The largest absolute Gasteiger partial charge is 0.458 e. The van der Waals surface area contributed by atoms with Crippen LogP contribution in [0.4, 0.5) is 0 Å². The zero-order valence-electron chi connectivity index (χ0n) is 18.2. The van der Waals surface area contributed by atoms with Gasteiger partial charge in [-0.2, -0.15) is 0 Å².